The molecule has 0 heterocycles. The molecule has 0 amide bonds. The second kappa shape index (κ2) is 13.5. The van der Waals surface area contributed by atoms with E-state index in [1.54, 1.807) is 6.07 Å². The first-order valence-corrected chi connectivity index (χ1v) is 17.9. The molecule has 248 valence electrons. The summed E-state index contributed by atoms with van der Waals surface area (Å²) in [6, 6.07) is 11.1. The van der Waals surface area contributed by atoms with Crippen LogP contribution in [0.2, 0.25) is 0 Å². The van der Waals surface area contributed by atoms with E-state index in [1.807, 2.05) is 37.3 Å². The van der Waals surface area contributed by atoms with Crippen LogP contribution < -0.4 is 27.7 Å². The standard InChI is InChI=1S/C33H52N2O.C7H10N2/c1-21(2)7-6-8-22(3)27-12-13-28-26-11-9-23-19-25(36-31-14-10-24(34)20-30(31)35)15-17-32(23,4)29(26)16-18-33(27,28)5;1-5-2-3-6(8)4-7(5)9/h9-11,14,20-23,25-29H,6-8,12-13,15-19,34-35H2,1-5H3;2-4H,8-9H2,1H3. The predicted molar refractivity (Wildman–Crippen MR) is 193 cm³/mol. The number of benzene rings is 2. The molecule has 0 aromatic heterocycles. The Balaban J connectivity index is 0.000000383. The van der Waals surface area contributed by atoms with Crippen molar-refractivity contribution in [3.05, 3.63) is 54.1 Å². The highest BCUT2D eigenvalue weighted by molar-refractivity contribution is 5.60. The minimum Gasteiger partial charge on any atom is -0.488 e. The van der Waals surface area contributed by atoms with Gasteiger partial charge in [0.05, 0.1) is 11.8 Å². The van der Waals surface area contributed by atoms with E-state index in [2.05, 4.69) is 46.8 Å². The van der Waals surface area contributed by atoms with Crippen molar-refractivity contribution >= 4 is 22.7 Å². The summed E-state index contributed by atoms with van der Waals surface area (Å²) in [7, 11) is 0. The van der Waals surface area contributed by atoms with Crippen LogP contribution >= 0.6 is 0 Å². The van der Waals surface area contributed by atoms with Gasteiger partial charge in [0.1, 0.15) is 5.75 Å². The normalized spacial score (nSPS) is 34.2. The van der Waals surface area contributed by atoms with E-state index in [4.69, 9.17) is 27.7 Å². The number of anilines is 4. The van der Waals surface area contributed by atoms with Gasteiger partial charge < -0.3 is 27.7 Å². The maximum atomic E-state index is 6.43. The molecule has 4 aliphatic rings. The smallest absolute Gasteiger partial charge is 0.142 e. The first-order chi connectivity index (χ1) is 21.3. The van der Waals surface area contributed by atoms with Crippen LogP contribution in [0, 0.1) is 59.2 Å². The van der Waals surface area contributed by atoms with Crippen LogP contribution in [0.25, 0.3) is 0 Å². The first kappa shape index (κ1) is 33.5. The molecule has 0 saturated heterocycles. The first-order valence-electron chi connectivity index (χ1n) is 17.9. The number of rotatable bonds is 7. The summed E-state index contributed by atoms with van der Waals surface area (Å²) >= 11 is 0. The van der Waals surface area contributed by atoms with Crippen LogP contribution in [-0.4, -0.2) is 6.10 Å². The zero-order valence-corrected chi connectivity index (χ0v) is 29.0. The fraction of sp³-hybridized carbons (Fsp3) is 0.650. The maximum absolute atomic E-state index is 6.43. The Hall–Kier alpha value is -2.82. The van der Waals surface area contributed by atoms with E-state index in [9.17, 15) is 0 Å². The summed E-state index contributed by atoms with van der Waals surface area (Å²) in [4.78, 5) is 0. The highest BCUT2D eigenvalue weighted by atomic mass is 16.5. The molecule has 6 rings (SSSR count). The second-order valence-electron chi connectivity index (χ2n) is 16.2. The summed E-state index contributed by atoms with van der Waals surface area (Å²) in [5, 5.41) is 0. The quantitative estimate of drug-likeness (QED) is 0.183. The zero-order chi connectivity index (χ0) is 32.5. The van der Waals surface area contributed by atoms with Gasteiger partial charge in [-0.25, -0.2) is 0 Å². The van der Waals surface area contributed by atoms with Crippen molar-refractivity contribution in [3.8, 4) is 5.75 Å². The average Bonchev–Trinajstić information content (AvgIpc) is 3.34. The van der Waals surface area contributed by atoms with E-state index >= 15 is 0 Å². The van der Waals surface area contributed by atoms with Gasteiger partial charge in [0.15, 0.2) is 0 Å². The SMILES string of the molecule is CC(C)CCCC(C)C1CCC2C3C=CC4CC(Oc5ccc(N)cc5N)CCC4(C)C3CCC12C.Cc1ccc(N)cc1N. The number of nitrogens with two attached hydrogens (primary N) is 4. The third kappa shape index (κ3) is 6.98. The molecule has 9 atom stereocenters. The minimum absolute atomic E-state index is 0.242. The molecule has 4 aliphatic carbocycles. The number of fused-ring (bicyclic) bond motifs is 5. The van der Waals surface area contributed by atoms with Gasteiger partial charge >= 0.3 is 0 Å². The number of hydrogen-bond acceptors (Lipinski definition) is 5. The van der Waals surface area contributed by atoms with E-state index in [-0.39, 0.29) is 6.10 Å². The Kier molecular flexibility index (Phi) is 10.1. The lowest BCUT2D eigenvalue weighted by Crippen LogP contribution is -2.52. The van der Waals surface area contributed by atoms with Gasteiger partial charge in [0.25, 0.3) is 0 Å². The van der Waals surface area contributed by atoms with Gasteiger partial charge in [0, 0.05) is 17.1 Å². The third-order valence-electron chi connectivity index (χ3n) is 12.9. The average molecular weight is 615 g/mol. The molecule has 0 bridgehead atoms. The van der Waals surface area contributed by atoms with Gasteiger partial charge in [-0.15, -0.1) is 0 Å². The fourth-order valence-corrected chi connectivity index (χ4v) is 10.2. The third-order valence-corrected chi connectivity index (χ3v) is 12.9. The summed E-state index contributed by atoms with van der Waals surface area (Å²) in [5.74, 6) is 6.54. The number of ether oxygens (including phenoxy) is 1. The van der Waals surface area contributed by atoms with Crippen molar-refractivity contribution in [2.75, 3.05) is 22.9 Å². The summed E-state index contributed by atoms with van der Waals surface area (Å²) < 4.78 is 6.43. The molecule has 0 radical (unpaired) electrons. The van der Waals surface area contributed by atoms with E-state index < -0.39 is 0 Å². The zero-order valence-electron chi connectivity index (χ0n) is 29.0. The summed E-state index contributed by atoms with van der Waals surface area (Å²) in [5.41, 5.74) is 27.9. The fourth-order valence-electron chi connectivity index (χ4n) is 10.2. The largest absolute Gasteiger partial charge is 0.488 e. The number of nitrogen functional groups attached to an aromatic ring is 4. The Morgan fingerprint density at radius 2 is 1.44 bits per heavy atom. The molecule has 0 aliphatic heterocycles. The number of aryl methyl sites for hydroxylation is 1. The van der Waals surface area contributed by atoms with Crippen LogP contribution in [-0.2, 0) is 0 Å². The monoisotopic (exact) mass is 614 g/mol. The van der Waals surface area contributed by atoms with Crippen molar-refractivity contribution < 1.29 is 4.74 Å². The lowest BCUT2D eigenvalue weighted by atomic mass is 9.46. The number of allylic oxidation sites excluding steroid dienone is 2. The Labute approximate surface area is 273 Å². The lowest BCUT2D eigenvalue weighted by molar-refractivity contribution is -0.0782. The molecule has 3 fully saturated rings. The van der Waals surface area contributed by atoms with Crippen molar-refractivity contribution in [1.82, 2.24) is 0 Å². The molecule has 2 aromatic carbocycles. The molecular weight excluding hydrogens is 552 g/mol. The highest BCUT2D eigenvalue weighted by Gasteiger charge is 2.59. The van der Waals surface area contributed by atoms with Crippen molar-refractivity contribution in [2.45, 2.75) is 112 Å². The summed E-state index contributed by atoms with van der Waals surface area (Å²) in [6.07, 6.45) is 19.0. The summed E-state index contributed by atoms with van der Waals surface area (Å²) in [6.45, 7) is 14.6. The van der Waals surface area contributed by atoms with Gasteiger partial charge in [-0.05, 0) is 140 Å². The highest BCUT2D eigenvalue weighted by Crippen LogP contribution is 2.67. The van der Waals surface area contributed by atoms with Crippen LogP contribution in [0.15, 0.2) is 48.6 Å². The van der Waals surface area contributed by atoms with E-state index in [1.165, 1.54) is 51.4 Å². The van der Waals surface area contributed by atoms with Crippen LogP contribution in [0.3, 0.4) is 0 Å². The van der Waals surface area contributed by atoms with E-state index in [0.717, 1.165) is 71.0 Å². The van der Waals surface area contributed by atoms with Crippen molar-refractivity contribution in [3.63, 3.8) is 0 Å². The Bertz CT molecular complexity index is 1340. The molecule has 2 aromatic rings. The molecule has 5 heteroatoms. The predicted octanol–water partition coefficient (Wildman–Crippen LogP) is 9.66. The lowest BCUT2D eigenvalue weighted by Gasteiger charge is -2.59. The Morgan fingerprint density at radius 1 is 0.778 bits per heavy atom. The van der Waals surface area contributed by atoms with Crippen LogP contribution in [0.5, 0.6) is 5.75 Å². The molecule has 45 heavy (non-hydrogen) atoms. The number of hydrogen-bond donors (Lipinski definition) is 4. The van der Waals surface area contributed by atoms with E-state index in [0.29, 0.717) is 28.1 Å². The maximum Gasteiger partial charge on any atom is 0.142 e. The van der Waals surface area contributed by atoms with Crippen molar-refractivity contribution in [1.29, 1.82) is 0 Å². The van der Waals surface area contributed by atoms with Gasteiger partial charge in [-0.1, -0.05) is 72.1 Å². The molecule has 9 unspecified atom stereocenters. The molecule has 5 nitrogen and oxygen atoms in total. The van der Waals surface area contributed by atoms with Gasteiger partial charge in [0.2, 0.25) is 0 Å². The molecule has 8 N–H and O–H groups in total. The minimum atomic E-state index is 0.242. The van der Waals surface area contributed by atoms with Crippen LogP contribution in [0.1, 0.15) is 104 Å². The topological polar surface area (TPSA) is 113 Å². The van der Waals surface area contributed by atoms with Gasteiger partial charge in [-0.3, -0.25) is 0 Å². The van der Waals surface area contributed by atoms with Crippen LogP contribution in [0.4, 0.5) is 22.7 Å². The molecule has 0 spiro atoms. The molecule has 3 saturated carbocycles. The van der Waals surface area contributed by atoms with Crippen molar-refractivity contribution in [2.24, 2.45) is 52.3 Å². The Morgan fingerprint density at radius 3 is 2.11 bits per heavy atom. The second-order valence-corrected chi connectivity index (χ2v) is 16.2. The molecular formula is C40H62N4O. The van der Waals surface area contributed by atoms with Gasteiger partial charge in [-0.2, -0.15) is 0 Å².